The lowest BCUT2D eigenvalue weighted by Gasteiger charge is -2.22. The van der Waals surface area contributed by atoms with Crippen LogP contribution >= 0.6 is 0 Å². The molecule has 13 heteroatoms. The zero-order chi connectivity index (χ0) is 21.8. The van der Waals surface area contributed by atoms with Gasteiger partial charge in [-0.3, -0.25) is 29.3 Å². The maximum absolute atomic E-state index is 12.4. The third-order valence-electron chi connectivity index (χ3n) is 3.68. The van der Waals surface area contributed by atoms with Gasteiger partial charge in [-0.05, 0) is 12.1 Å². The fourth-order valence-corrected chi connectivity index (χ4v) is 3.24. The monoisotopic (exact) mass is 424 g/mol. The van der Waals surface area contributed by atoms with Crippen LogP contribution in [0.25, 0.3) is 0 Å². The lowest BCUT2D eigenvalue weighted by atomic mass is 10.2. The van der Waals surface area contributed by atoms with E-state index in [2.05, 4.69) is 5.32 Å². The molecule has 12 nitrogen and oxygen atoms in total. The van der Waals surface area contributed by atoms with Crippen LogP contribution in [0.1, 0.15) is 0 Å². The van der Waals surface area contributed by atoms with Crippen molar-refractivity contribution in [3.63, 3.8) is 0 Å². The topological polar surface area (TPSA) is 162 Å². The minimum Gasteiger partial charge on any atom is -0.495 e. The Morgan fingerprint density at radius 1 is 1.10 bits per heavy atom. The molecule has 2 aromatic rings. The number of carbonyl (C=O) groups is 1. The molecule has 1 N–H and O–H groups in total. The Morgan fingerprint density at radius 2 is 1.72 bits per heavy atom. The Balaban J connectivity index is 2.33. The second-order valence-corrected chi connectivity index (χ2v) is 7.64. The third kappa shape index (κ3) is 5.38. The summed E-state index contributed by atoms with van der Waals surface area (Å²) in [5.74, 6) is -0.703. The van der Waals surface area contributed by atoms with Crippen molar-refractivity contribution >= 4 is 38.7 Å². The number of nitro groups is 2. The molecule has 0 aromatic heterocycles. The highest BCUT2D eigenvalue weighted by Gasteiger charge is 2.23. The average Bonchev–Trinajstić information content (AvgIpc) is 2.65. The van der Waals surface area contributed by atoms with Gasteiger partial charge in [-0.2, -0.15) is 0 Å². The molecule has 154 valence electrons. The summed E-state index contributed by atoms with van der Waals surface area (Å²) < 4.78 is 30.0. The Bertz CT molecular complexity index is 1070. The minimum absolute atomic E-state index is 0.0285. The first-order valence-corrected chi connectivity index (χ1v) is 9.72. The Labute approximate surface area is 165 Å². The quantitative estimate of drug-likeness (QED) is 0.496. The van der Waals surface area contributed by atoms with E-state index in [0.29, 0.717) is 4.31 Å². The van der Waals surface area contributed by atoms with Gasteiger partial charge >= 0.3 is 0 Å². The molecular weight excluding hydrogens is 408 g/mol. The summed E-state index contributed by atoms with van der Waals surface area (Å²) in [4.78, 5) is 32.9. The number of nitrogens with zero attached hydrogens (tertiary/aromatic N) is 3. The fraction of sp³-hybridized carbons (Fsp3) is 0.188. The number of non-ortho nitro benzene ring substituents is 2. The van der Waals surface area contributed by atoms with Crippen LogP contribution in [0.2, 0.25) is 0 Å². The standard InChI is InChI=1S/C16H16N4O8S/c1-28-15-7-6-13(20(24)25)9-14(15)17-16(21)10-18(29(2,26)27)11-4-3-5-12(8-11)19(22)23/h3-9H,10H2,1-2H3,(H,17,21). The molecule has 0 unspecified atom stereocenters. The van der Waals surface area contributed by atoms with Crippen LogP contribution < -0.4 is 14.4 Å². The van der Waals surface area contributed by atoms with Crippen LogP contribution in [0.4, 0.5) is 22.7 Å². The van der Waals surface area contributed by atoms with Crippen LogP contribution in [0.3, 0.4) is 0 Å². The summed E-state index contributed by atoms with van der Waals surface area (Å²) in [5, 5.41) is 24.2. The van der Waals surface area contributed by atoms with Gasteiger partial charge in [0.05, 0.1) is 34.6 Å². The van der Waals surface area contributed by atoms with E-state index in [9.17, 15) is 33.4 Å². The smallest absolute Gasteiger partial charge is 0.271 e. The summed E-state index contributed by atoms with van der Waals surface area (Å²) in [7, 11) is -2.68. The number of methoxy groups -OCH3 is 1. The predicted octanol–water partition coefficient (Wildman–Crippen LogP) is 1.92. The number of hydrogen-bond donors (Lipinski definition) is 1. The highest BCUT2D eigenvalue weighted by molar-refractivity contribution is 7.92. The van der Waals surface area contributed by atoms with Crippen molar-refractivity contribution in [2.45, 2.75) is 0 Å². The van der Waals surface area contributed by atoms with Gasteiger partial charge in [0, 0.05) is 24.3 Å². The Kier molecular flexibility index (Phi) is 6.33. The third-order valence-corrected chi connectivity index (χ3v) is 4.82. The number of anilines is 2. The number of rotatable bonds is 8. The molecule has 29 heavy (non-hydrogen) atoms. The van der Waals surface area contributed by atoms with Gasteiger partial charge in [0.2, 0.25) is 15.9 Å². The molecule has 0 heterocycles. The van der Waals surface area contributed by atoms with E-state index in [0.717, 1.165) is 18.4 Å². The van der Waals surface area contributed by atoms with Crippen LogP contribution in [-0.2, 0) is 14.8 Å². The van der Waals surface area contributed by atoms with E-state index >= 15 is 0 Å². The molecule has 0 bridgehead atoms. The lowest BCUT2D eigenvalue weighted by Crippen LogP contribution is -2.37. The predicted molar refractivity (Wildman–Crippen MR) is 104 cm³/mol. The molecule has 0 aliphatic rings. The number of sulfonamides is 1. The van der Waals surface area contributed by atoms with Gasteiger partial charge in [-0.25, -0.2) is 8.42 Å². The van der Waals surface area contributed by atoms with Gasteiger partial charge in [0.15, 0.2) is 0 Å². The maximum Gasteiger partial charge on any atom is 0.271 e. The van der Waals surface area contributed by atoms with Crippen molar-refractivity contribution in [1.29, 1.82) is 0 Å². The van der Waals surface area contributed by atoms with Crippen molar-refractivity contribution < 1.29 is 27.8 Å². The minimum atomic E-state index is -3.97. The van der Waals surface area contributed by atoms with Gasteiger partial charge < -0.3 is 10.1 Å². The van der Waals surface area contributed by atoms with Crippen molar-refractivity contribution in [2.24, 2.45) is 0 Å². The average molecular weight is 424 g/mol. The molecule has 0 fully saturated rings. The molecule has 0 aliphatic heterocycles. The largest absolute Gasteiger partial charge is 0.495 e. The zero-order valence-electron chi connectivity index (χ0n) is 15.3. The van der Waals surface area contributed by atoms with Gasteiger partial charge in [-0.1, -0.05) is 6.07 Å². The normalized spacial score (nSPS) is 10.8. The van der Waals surface area contributed by atoms with E-state index in [-0.39, 0.29) is 28.5 Å². The Hall–Kier alpha value is -3.74. The highest BCUT2D eigenvalue weighted by Crippen LogP contribution is 2.29. The van der Waals surface area contributed by atoms with Crippen molar-refractivity contribution in [1.82, 2.24) is 0 Å². The number of benzene rings is 2. The van der Waals surface area contributed by atoms with Crippen molar-refractivity contribution in [3.8, 4) is 5.75 Å². The molecular formula is C16H16N4O8S. The summed E-state index contributed by atoms with van der Waals surface area (Å²) in [5.41, 5.74) is -0.765. The molecule has 0 aliphatic carbocycles. The van der Waals surface area contributed by atoms with Crippen LogP contribution in [0.15, 0.2) is 42.5 Å². The summed E-state index contributed by atoms with van der Waals surface area (Å²) in [6.07, 6.45) is 0.840. The first kappa shape index (κ1) is 21.6. The molecule has 0 saturated carbocycles. The Morgan fingerprint density at radius 3 is 2.28 bits per heavy atom. The maximum atomic E-state index is 12.4. The first-order valence-electron chi connectivity index (χ1n) is 7.87. The molecule has 2 aromatic carbocycles. The fourth-order valence-electron chi connectivity index (χ4n) is 2.39. The van der Waals surface area contributed by atoms with Crippen LogP contribution in [0.5, 0.6) is 5.75 Å². The number of nitrogens with one attached hydrogen (secondary N) is 1. The van der Waals surface area contributed by atoms with E-state index in [1.807, 2.05) is 0 Å². The van der Waals surface area contributed by atoms with Gasteiger partial charge in [0.25, 0.3) is 11.4 Å². The van der Waals surface area contributed by atoms with E-state index in [1.165, 1.54) is 37.4 Å². The second kappa shape index (κ2) is 8.52. The first-order chi connectivity index (χ1) is 13.5. The van der Waals surface area contributed by atoms with E-state index < -0.39 is 32.3 Å². The SMILES string of the molecule is COc1ccc([N+](=O)[O-])cc1NC(=O)CN(c1cccc([N+](=O)[O-])c1)S(C)(=O)=O. The van der Waals surface area contributed by atoms with Crippen LogP contribution in [0, 0.1) is 20.2 Å². The zero-order valence-corrected chi connectivity index (χ0v) is 16.1. The molecule has 2 rings (SSSR count). The number of hydrogen-bond acceptors (Lipinski definition) is 8. The van der Waals surface area contributed by atoms with Crippen LogP contribution in [-0.4, -0.2) is 44.1 Å². The molecule has 0 atom stereocenters. The second-order valence-electron chi connectivity index (χ2n) is 5.74. The molecule has 0 saturated heterocycles. The van der Waals surface area contributed by atoms with E-state index in [1.54, 1.807) is 0 Å². The van der Waals surface area contributed by atoms with Crippen molar-refractivity contribution in [2.75, 3.05) is 29.5 Å². The lowest BCUT2D eigenvalue weighted by molar-refractivity contribution is -0.385. The number of amides is 1. The number of ether oxygens (including phenoxy) is 1. The van der Waals surface area contributed by atoms with Crippen molar-refractivity contribution in [3.05, 3.63) is 62.7 Å². The highest BCUT2D eigenvalue weighted by atomic mass is 32.2. The molecule has 0 radical (unpaired) electrons. The van der Waals surface area contributed by atoms with Gasteiger partial charge in [-0.15, -0.1) is 0 Å². The number of nitro benzene ring substituents is 2. The van der Waals surface area contributed by atoms with Gasteiger partial charge in [0.1, 0.15) is 12.3 Å². The molecule has 0 spiro atoms. The summed E-state index contributed by atoms with van der Waals surface area (Å²) in [6, 6.07) is 8.31. The molecule has 1 amide bonds. The number of carbonyl (C=O) groups excluding carboxylic acids is 1. The van der Waals surface area contributed by atoms with E-state index in [4.69, 9.17) is 4.74 Å². The summed E-state index contributed by atoms with van der Waals surface area (Å²) >= 11 is 0. The summed E-state index contributed by atoms with van der Waals surface area (Å²) in [6.45, 7) is -0.716.